The lowest BCUT2D eigenvalue weighted by molar-refractivity contribution is 0.239. The van der Waals surface area contributed by atoms with Crippen LogP contribution in [0.3, 0.4) is 0 Å². The van der Waals surface area contributed by atoms with Crippen LogP contribution < -0.4 is 11.1 Å². The highest BCUT2D eigenvalue weighted by Gasteiger charge is 2.22. The topological polar surface area (TPSA) is 41.3 Å². The molecule has 1 aliphatic heterocycles. The Labute approximate surface area is 139 Å². The van der Waals surface area contributed by atoms with Crippen molar-refractivity contribution in [1.82, 2.24) is 10.2 Å². The molecule has 0 aromatic heterocycles. The molecule has 3 rings (SSSR count). The van der Waals surface area contributed by atoms with Gasteiger partial charge in [-0.3, -0.25) is 4.90 Å². The average Bonchev–Trinajstić information content (AvgIpc) is 3.11. The maximum absolute atomic E-state index is 5.73. The lowest BCUT2D eigenvalue weighted by atomic mass is 10.1. The molecule has 1 fully saturated rings. The highest BCUT2D eigenvalue weighted by atomic mass is 15.2. The highest BCUT2D eigenvalue weighted by molar-refractivity contribution is 5.39. The average molecular weight is 309 g/mol. The number of nitrogens with one attached hydrogen (secondary N) is 1. The molecule has 1 saturated heterocycles. The minimum Gasteiger partial charge on any atom is -0.399 e. The number of hydrogen-bond donors (Lipinski definition) is 2. The van der Waals surface area contributed by atoms with Gasteiger partial charge < -0.3 is 11.1 Å². The van der Waals surface area contributed by atoms with Crippen molar-refractivity contribution in [2.24, 2.45) is 0 Å². The Morgan fingerprint density at radius 3 is 2.35 bits per heavy atom. The Bertz CT molecular complexity index is 574. The van der Waals surface area contributed by atoms with Crippen LogP contribution in [0.4, 0.5) is 5.69 Å². The van der Waals surface area contributed by atoms with Crippen molar-refractivity contribution in [2.45, 2.75) is 25.3 Å². The van der Waals surface area contributed by atoms with E-state index in [1.807, 2.05) is 12.1 Å². The van der Waals surface area contributed by atoms with Gasteiger partial charge in [0.25, 0.3) is 0 Å². The van der Waals surface area contributed by atoms with E-state index in [1.54, 1.807) is 0 Å². The summed E-state index contributed by atoms with van der Waals surface area (Å²) in [5, 5.41) is 3.65. The van der Waals surface area contributed by atoms with Crippen molar-refractivity contribution in [3.8, 4) is 0 Å². The van der Waals surface area contributed by atoms with Crippen LogP contribution in [0.15, 0.2) is 54.6 Å². The second-order valence-electron chi connectivity index (χ2n) is 6.37. The van der Waals surface area contributed by atoms with Crippen LogP contribution in [0.5, 0.6) is 0 Å². The van der Waals surface area contributed by atoms with E-state index in [0.717, 1.165) is 25.2 Å². The van der Waals surface area contributed by atoms with E-state index in [1.165, 1.54) is 37.1 Å². The fourth-order valence-corrected chi connectivity index (χ4v) is 3.34. The summed E-state index contributed by atoms with van der Waals surface area (Å²) >= 11 is 0. The predicted octanol–water partition coefficient (Wildman–Crippen LogP) is 3.24. The van der Waals surface area contributed by atoms with Crippen LogP contribution in [0.2, 0.25) is 0 Å². The number of benzene rings is 2. The zero-order valence-corrected chi connectivity index (χ0v) is 13.7. The maximum Gasteiger partial charge on any atom is 0.0472 e. The van der Waals surface area contributed by atoms with Crippen molar-refractivity contribution in [2.75, 3.05) is 31.9 Å². The number of nitrogens with zero attached hydrogens (tertiary/aromatic N) is 1. The van der Waals surface area contributed by atoms with E-state index in [9.17, 15) is 0 Å². The first-order chi connectivity index (χ1) is 11.3. The summed E-state index contributed by atoms with van der Waals surface area (Å²) in [7, 11) is 0. The summed E-state index contributed by atoms with van der Waals surface area (Å²) in [4.78, 5) is 2.62. The molecule has 0 amide bonds. The highest BCUT2D eigenvalue weighted by Crippen LogP contribution is 2.24. The molecule has 0 radical (unpaired) electrons. The molecule has 23 heavy (non-hydrogen) atoms. The van der Waals surface area contributed by atoms with Crippen LogP contribution in [-0.2, 0) is 6.42 Å². The zero-order valence-electron chi connectivity index (χ0n) is 13.7. The molecule has 3 heteroatoms. The summed E-state index contributed by atoms with van der Waals surface area (Å²) in [6.45, 7) is 4.46. The van der Waals surface area contributed by atoms with Gasteiger partial charge in [-0.15, -0.1) is 0 Å². The molecule has 2 aromatic rings. The third-order valence-corrected chi connectivity index (χ3v) is 4.67. The normalized spacial score (nSPS) is 16.5. The van der Waals surface area contributed by atoms with Crippen molar-refractivity contribution in [1.29, 1.82) is 0 Å². The Kier molecular flexibility index (Phi) is 5.67. The lowest BCUT2D eigenvalue weighted by Crippen LogP contribution is -2.34. The Morgan fingerprint density at radius 2 is 1.65 bits per heavy atom. The van der Waals surface area contributed by atoms with E-state index >= 15 is 0 Å². The van der Waals surface area contributed by atoms with E-state index in [4.69, 9.17) is 5.73 Å². The van der Waals surface area contributed by atoms with Crippen molar-refractivity contribution in [3.05, 3.63) is 65.7 Å². The van der Waals surface area contributed by atoms with Crippen LogP contribution in [-0.4, -0.2) is 31.1 Å². The van der Waals surface area contributed by atoms with E-state index in [2.05, 4.69) is 52.7 Å². The molecule has 3 N–H and O–H groups in total. The Morgan fingerprint density at radius 1 is 0.957 bits per heavy atom. The molecule has 0 saturated carbocycles. The molecule has 0 aliphatic carbocycles. The van der Waals surface area contributed by atoms with Gasteiger partial charge in [-0.25, -0.2) is 0 Å². The number of nitrogens with two attached hydrogens (primary N) is 1. The monoisotopic (exact) mass is 309 g/mol. The minimum absolute atomic E-state index is 0.491. The van der Waals surface area contributed by atoms with Gasteiger partial charge in [-0.1, -0.05) is 42.5 Å². The summed E-state index contributed by atoms with van der Waals surface area (Å²) in [5.74, 6) is 0. The number of nitrogen functional groups attached to an aromatic ring is 1. The smallest absolute Gasteiger partial charge is 0.0472 e. The summed E-state index contributed by atoms with van der Waals surface area (Å²) in [6, 6.07) is 19.6. The van der Waals surface area contributed by atoms with Crippen LogP contribution in [0.1, 0.15) is 30.0 Å². The molecule has 0 spiro atoms. The van der Waals surface area contributed by atoms with Gasteiger partial charge >= 0.3 is 0 Å². The molecular formula is C20H27N3. The van der Waals surface area contributed by atoms with E-state index < -0.39 is 0 Å². The molecular weight excluding hydrogens is 282 g/mol. The molecule has 1 unspecified atom stereocenters. The summed E-state index contributed by atoms with van der Waals surface area (Å²) < 4.78 is 0. The van der Waals surface area contributed by atoms with Gasteiger partial charge in [0.05, 0.1) is 0 Å². The molecule has 1 atom stereocenters. The fraction of sp³-hybridized carbons (Fsp3) is 0.400. The zero-order chi connectivity index (χ0) is 15.9. The van der Waals surface area contributed by atoms with E-state index in [0.29, 0.717) is 6.04 Å². The second kappa shape index (κ2) is 8.14. The van der Waals surface area contributed by atoms with Crippen molar-refractivity contribution < 1.29 is 0 Å². The lowest BCUT2D eigenvalue weighted by Gasteiger charge is -2.28. The van der Waals surface area contributed by atoms with Crippen molar-refractivity contribution in [3.63, 3.8) is 0 Å². The second-order valence-corrected chi connectivity index (χ2v) is 6.37. The summed E-state index contributed by atoms with van der Waals surface area (Å²) in [5.41, 5.74) is 9.33. The first-order valence-electron chi connectivity index (χ1n) is 8.67. The molecule has 122 valence electrons. The van der Waals surface area contributed by atoms with Gasteiger partial charge in [-0.2, -0.15) is 0 Å². The molecule has 3 nitrogen and oxygen atoms in total. The standard InChI is InChI=1S/C20H27N3/c21-19-10-8-17(9-11-19)12-13-22-16-20(23-14-4-5-15-23)18-6-2-1-3-7-18/h1-3,6-11,20,22H,4-5,12-16,21H2. The number of anilines is 1. The maximum atomic E-state index is 5.73. The number of hydrogen-bond acceptors (Lipinski definition) is 3. The SMILES string of the molecule is Nc1ccc(CCNCC(c2ccccc2)N2CCCC2)cc1. The van der Waals surface area contributed by atoms with Gasteiger partial charge in [0.15, 0.2) is 0 Å². The minimum atomic E-state index is 0.491. The van der Waals surface area contributed by atoms with Crippen molar-refractivity contribution >= 4 is 5.69 Å². The van der Waals surface area contributed by atoms with Gasteiger partial charge in [-0.05, 0) is 62.2 Å². The van der Waals surface area contributed by atoms with Gasteiger partial charge in [0, 0.05) is 18.3 Å². The third-order valence-electron chi connectivity index (χ3n) is 4.67. The number of rotatable bonds is 7. The van der Waals surface area contributed by atoms with Crippen LogP contribution in [0, 0.1) is 0 Å². The third kappa shape index (κ3) is 4.57. The fourth-order valence-electron chi connectivity index (χ4n) is 3.34. The first-order valence-corrected chi connectivity index (χ1v) is 8.67. The quantitative estimate of drug-likeness (QED) is 0.609. The predicted molar refractivity (Wildman–Crippen MR) is 97.4 cm³/mol. The molecule has 1 heterocycles. The van der Waals surface area contributed by atoms with Crippen LogP contribution in [0.25, 0.3) is 0 Å². The Balaban J connectivity index is 1.53. The molecule has 2 aromatic carbocycles. The van der Waals surface area contributed by atoms with Crippen LogP contribution >= 0.6 is 0 Å². The van der Waals surface area contributed by atoms with Gasteiger partial charge in [0.1, 0.15) is 0 Å². The largest absolute Gasteiger partial charge is 0.399 e. The Hall–Kier alpha value is -1.84. The molecule has 1 aliphatic rings. The first kappa shape index (κ1) is 16.0. The van der Waals surface area contributed by atoms with E-state index in [-0.39, 0.29) is 0 Å². The van der Waals surface area contributed by atoms with Gasteiger partial charge in [0.2, 0.25) is 0 Å². The number of likely N-dealkylation sites (tertiary alicyclic amines) is 1. The summed E-state index contributed by atoms with van der Waals surface area (Å²) in [6.07, 6.45) is 3.70. The molecule has 0 bridgehead atoms.